The van der Waals surface area contributed by atoms with Gasteiger partial charge in [0.1, 0.15) is 18.2 Å². The zero-order valence-electron chi connectivity index (χ0n) is 11.4. The highest BCUT2D eigenvalue weighted by molar-refractivity contribution is 5.90. The van der Waals surface area contributed by atoms with Crippen LogP contribution in [0.5, 0.6) is 5.75 Å². The number of aryl methyl sites for hydroxylation is 1. The lowest BCUT2D eigenvalue weighted by atomic mass is 10.1. The van der Waals surface area contributed by atoms with E-state index in [1.165, 1.54) is 13.2 Å². The van der Waals surface area contributed by atoms with Crippen LogP contribution in [0.15, 0.2) is 42.5 Å². The van der Waals surface area contributed by atoms with Gasteiger partial charge in [0, 0.05) is 5.56 Å². The predicted octanol–water partition coefficient (Wildman–Crippen LogP) is 3.50. The van der Waals surface area contributed by atoms with Crippen molar-refractivity contribution < 1.29 is 18.7 Å². The summed E-state index contributed by atoms with van der Waals surface area (Å²) in [6.07, 6.45) is 0. The molecule has 0 unspecified atom stereocenters. The minimum absolute atomic E-state index is 0.219. The molecule has 0 aromatic heterocycles. The van der Waals surface area contributed by atoms with E-state index in [0.717, 1.165) is 5.56 Å². The number of hydrogen-bond donors (Lipinski definition) is 0. The molecule has 0 saturated carbocycles. The molecule has 0 spiro atoms. The van der Waals surface area contributed by atoms with Crippen LogP contribution in [-0.4, -0.2) is 13.1 Å². The number of rotatable bonds is 4. The van der Waals surface area contributed by atoms with Crippen LogP contribution in [0, 0.1) is 12.7 Å². The van der Waals surface area contributed by atoms with Crippen molar-refractivity contribution in [3.05, 3.63) is 65.0 Å². The Morgan fingerprint density at radius 3 is 2.65 bits per heavy atom. The maximum atomic E-state index is 13.2. The number of ether oxygens (including phenoxy) is 2. The number of esters is 1. The molecule has 0 aliphatic rings. The first-order valence-electron chi connectivity index (χ1n) is 6.17. The molecule has 0 aliphatic heterocycles. The molecular formula is C16H15FO3. The molecule has 0 heterocycles. The molecule has 20 heavy (non-hydrogen) atoms. The van der Waals surface area contributed by atoms with Crippen LogP contribution in [0.1, 0.15) is 21.5 Å². The Hall–Kier alpha value is -2.36. The van der Waals surface area contributed by atoms with Crippen LogP contribution in [0.2, 0.25) is 0 Å². The third-order valence-electron chi connectivity index (χ3n) is 2.95. The monoisotopic (exact) mass is 274 g/mol. The summed E-state index contributed by atoms with van der Waals surface area (Å²) < 4.78 is 23.5. The van der Waals surface area contributed by atoms with E-state index in [9.17, 15) is 9.18 Å². The van der Waals surface area contributed by atoms with Gasteiger partial charge < -0.3 is 9.47 Å². The van der Waals surface area contributed by atoms with Gasteiger partial charge in [-0.05, 0) is 36.8 Å². The van der Waals surface area contributed by atoms with E-state index in [1.54, 1.807) is 37.3 Å². The summed E-state index contributed by atoms with van der Waals surface area (Å²) >= 11 is 0. The molecule has 2 aromatic rings. The van der Waals surface area contributed by atoms with Crippen LogP contribution >= 0.6 is 0 Å². The van der Waals surface area contributed by atoms with E-state index in [1.807, 2.05) is 6.07 Å². The van der Waals surface area contributed by atoms with Gasteiger partial charge in [-0.25, -0.2) is 9.18 Å². The molecular weight excluding hydrogens is 259 g/mol. The van der Waals surface area contributed by atoms with Crippen molar-refractivity contribution in [2.45, 2.75) is 13.5 Å². The summed E-state index contributed by atoms with van der Waals surface area (Å²) in [4.78, 5) is 11.6. The lowest BCUT2D eigenvalue weighted by molar-refractivity contribution is 0.0597. The fraction of sp³-hybridized carbons (Fsp3) is 0.188. The van der Waals surface area contributed by atoms with Gasteiger partial charge in [0.15, 0.2) is 0 Å². The average Bonchev–Trinajstić information content (AvgIpc) is 2.48. The van der Waals surface area contributed by atoms with Crippen molar-refractivity contribution in [2.24, 2.45) is 0 Å². The second-order valence-corrected chi connectivity index (χ2v) is 4.35. The van der Waals surface area contributed by atoms with E-state index in [0.29, 0.717) is 16.9 Å². The van der Waals surface area contributed by atoms with Crippen molar-refractivity contribution in [2.75, 3.05) is 7.11 Å². The molecule has 2 rings (SSSR count). The Bertz CT molecular complexity index is 623. The Labute approximate surface area is 117 Å². The molecule has 0 bridgehead atoms. The Morgan fingerprint density at radius 2 is 1.95 bits per heavy atom. The van der Waals surface area contributed by atoms with Crippen molar-refractivity contribution in [1.29, 1.82) is 0 Å². The maximum Gasteiger partial charge on any atom is 0.338 e. The third-order valence-corrected chi connectivity index (χ3v) is 2.95. The highest BCUT2D eigenvalue weighted by Crippen LogP contribution is 2.18. The molecule has 2 aromatic carbocycles. The lowest BCUT2D eigenvalue weighted by Gasteiger charge is -2.10. The standard InChI is InChI=1S/C16H15FO3/c1-11-9-13(7-8-15(11)17)20-10-12-5-3-4-6-14(12)16(18)19-2/h3-9H,10H2,1-2H3. The first kappa shape index (κ1) is 14.1. The van der Waals surface area contributed by atoms with E-state index >= 15 is 0 Å². The first-order chi connectivity index (χ1) is 9.61. The van der Waals surface area contributed by atoms with E-state index < -0.39 is 5.97 Å². The highest BCUT2D eigenvalue weighted by atomic mass is 19.1. The smallest absolute Gasteiger partial charge is 0.338 e. The average molecular weight is 274 g/mol. The van der Waals surface area contributed by atoms with Gasteiger partial charge in [0.05, 0.1) is 12.7 Å². The van der Waals surface area contributed by atoms with Crippen molar-refractivity contribution in [3.8, 4) is 5.75 Å². The second kappa shape index (κ2) is 6.19. The largest absolute Gasteiger partial charge is 0.489 e. The van der Waals surface area contributed by atoms with E-state index in [4.69, 9.17) is 9.47 Å². The van der Waals surface area contributed by atoms with Crippen molar-refractivity contribution in [1.82, 2.24) is 0 Å². The summed E-state index contributed by atoms with van der Waals surface area (Å²) in [5.41, 5.74) is 1.71. The van der Waals surface area contributed by atoms with Crippen LogP contribution in [0.4, 0.5) is 4.39 Å². The molecule has 0 radical (unpaired) electrons. The SMILES string of the molecule is COC(=O)c1ccccc1COc1ccc(F)c(C)c1. The number of carbonyl (C=O) groups excluding carboxylic acids is 1. The van der Waals surface area contributed by atoms with Gasteiger partial charge in [-0.1, -0.05) is 18.2 Å². The first-order valence-corrected chi connectivity index (χ1v) is 6.17. The maximum absolute atomic E-state index is 13.2. The summed E-state index contributed by atoms with van der Waals surface area (Å²) in [7, 11) is 1.34. The minimum atomic E-state index is -0.403. The molecule has 0 aliphatic carbocycles. The molecule has 104 valence electrons. The van der Waals surface area contributed by atoms with Crippen LogP contribution < -0.4 is 4.74 Å². The van der Waals surface area contributed by atoms with Crippen LogP contribution in [0.25, 0.3) is 0 Å². The Morgan fingerprint density at radius 1 is 1.20 bits per heavy atom. The molecule has 0 saturated heterocycles. The number of benzene rings is 2. The number of halogens is 1. The molecule has 0 amide bonds. The summed E-state index contributed by atoms with van der Waals surface area (Å²) in [5, 5.41) is 0. The van der Waals surface area contributed by atoms with Gasteiger partial charge in [-0.15, -0.1) is 0 Å². The highest BCUT2D eigenvalue weighted by Gasteiger charge is 2.11. The number of carbonyl (C=O) groups is 1. The van der Waals surface area contributed by atoms with Crippen molar-refractivity contribution >= 4 is 5.97 Å². The third kappa shape index (κ3) is 3.15. The molecule has 4 heteroatoms. The van der Waals surface area contributed by atoms with Gasteiger partial charge in [-0.2, -0.15) is 0 Å². The van der Waals surface area contributed by atoms with Crippen LogP contribution in [-0.2, 0) is 11.3 Å². The quantitative estimate of drug-likeness (QED) is 0.800. The molecule has 0 atom stereocenters. The van der Waals surface area contributed by atoms with Gasteiger partial charge >= 0.3 is 5.97 Å². The lowest BCUT2D eigenvalue weighted by Crippen LogP contribution is -2.07. The topological polar surface area (TPSA) is 35.5 Å². The zero-order chi connectivity index (χ0) is 14.5. The summed E-state index contributed by atoms with van der Waals surface area (Å²) in [6, 6.07) is 11.6. The Balaban J connectivity index is 2.14. The summed E-state index contributed by atoms with van der Waals surface area (Å²) in [5.74, 6) is -0.115. The number of methoxy groups -OCH3 is 1. The predicted molar refractivity (Wildman–Crippen MR) is 73.3 cm³/mol. The van der Waals surface area contributed by atoms with E-state index in [2.05, 4.69) is 0 Å². The normalized spacial score (nSPS) is 10.2. The fourth-order valence-corrected chi connectivity index (χ4v) is 1.82. The van der Waals surface area contributed by atoms with Gasteiger partial charge in [0.2, 0.25) is 0 Å². The molecule has 3 nitrogen and oxygen atoms in total. The van der Waals surface area contributed by atoms with Crippen molar-refractivity contribution in [3.63, 3.8) is 0 Å². The Kier molecular flexibility index (Phi) is 4.35. The van der Waals surface area contributed by atoms with Gasteiger partial charge in [-0.3, -0.25) is 0 Å². The molecule has 0 N–H and O–H groups in total. The minimum Gasteiger partial charge on any atom is -0.489 e. The number of hydrogen-bond acceptors (Lipinski definition) is 3. The zero-order valence-corrected chi connectivity index (χ0v) is 11.4. The van der Waals surface area contributed by atoms with Gasteiger partial charge in [0.25, 0.3) is 0 Å². The van der Waals surface area contributed by atoms with E-state index in [-0.39, 0.29) is 12.4 Å². The summed E-state index contributed by atoms with van der Waals surface area (Å²) in [6.45, 7) is 1.89. The second-order valence-electron chi connectivity index (χ2n) is 4.35. The fourth-order valence-electron chi connectivity index (χ4n) is 1.82. The molecule has 0 fully saturated rings. The van der Waals surface area contributed by atoms with Crippen LogP contribution in [0.3, 0.4) is 0 Å².